The van der Waals surface area contributed by atoms with Crippen molar-refractivity contribution in [2.24, 2.45) is 0 Å². The van der Waals surface area contributed by atoms with E-state index >= 15 is 0 Å². The topological polar surface area (TPSA) is 49.8 Å². The van der Waals surface area contributed by atoms with Gasteiger partial charge in [0, 0.05) is 12.6 Å². The first-order chi connectivity index (χ1) is 13.8. The molecular formula is C24H29NO3. The third-order valence-electron chi connectivity index (χ3n) is 5.14. The standard InChI is InChI=1S/C24H29NO3/c26-19-22-10-6-17-25(22)24(27)16-13-21-11-14-23(15-12-21)28-18-5-4-9-20-7-2-1-3-8-20/h1-3,7-8,11-16,22,26H,4-6,9-10,17-19H2/b16-13+/t22-/m0/s1. The molecule has 0 bridgehead atoms. The number of nitrogens with zero attached hydrogens (tertiary/aromatic N) is 1. The maximum atomic E-state index is 12.3. The normalized spacial score (nSPS) is 16.6. The minimum absolute atomic E-state index is 0.0321. The third-order valence-corrected chi connectivity index (χ3v) is 5.14. The van der Waals surface area contributed by atoms with E-state index in [0.29, 0.717) is 6.61 Å². The second-order valence-electron chi connectivity index (χ2n) is 7.20. The van der Waals surface area contributed by atoms with Crippen LogP contribution in [-0.4, -0.2) is 41.7 Å². The molecular weight excluding hydrogens is 350 g/mol. The van der Waals surface area contributed by atoms with E-state index in [1.54, 1.807) is 11.0 Å². The van der Waals surface area contributed by atoms with E-state index in [9.17, 15) is 9.90 Å². The highest BCUT2D eigenvalue weighted by molar-refractivity contribution is 5.92. The molecule has 0 unspecified atom stereocenters. The van der Waals surface area contributed by atoms with Crippen LogP contribution in [-0.2, 0) is 11.2 Å². The van der Waals surface area contributed by atoms with Gasteiger partial charge in [0.2, 0.25) is 5.91 Å². The van der Waals surface area contributed by atoms with E-state index in [4.69, 9.17) is 4.74 Å². The number of aryl methyl sites for hydroxylation is 1. The number of hydrogen-bond donors (Lipinski definition) is 1. The quantitative estimate of drug-likeness (QED) is 0.527. The average molecular weight is 380 g/mol. The molecule has 28 heavy (non-hydrogen) atoms. The Kier molecular flexibility index (Phi) is 7.68. The van der Waals surface area contributed by atoms with Crippen LogP contribution in [0.5, 0.6) is 5.75 Å². The van der Waals surface area contributed by atoms with Crippen molar-refractivity contribution in [2.45, 2.75) is 38.1 Å². The smallest absolute Gasteiger partial charge is 0.246 e. The molecule has 1 aliphatic rings. The molecule has 1 saturated heterocycles. The van der Waals surface area contributed by atoms with Crippen LogP contribution in [0.3, 0.4) is 0 Å². The van der Waals surface area contributed by atoms with Crippen molar-refractivity contribution >= 4 is 12.0 Å². The summed E-state index contributed by atoms with van der Waals surface area (Å²) < 4.78 is 5.81. The van der Waals surface area contributed by atoms with Crippen molar-refractivity contribution in [1.29, 1.82) is 0 Å². The van der Waals surface area contributed by atoms with Crippen molar-refractivity contribution < 1.29 is 14.6 Å². The summed E-state index contributed by atoms with van der Waals surface area (Å²) in [7, 11) is 0. The zero-order chi connectivity index (χ0) is 19.6. The lowest BCUT2D eigenvalue weighted by atomic mass is 10.1. The van der Waals surface area contributed by atoms with E-state index in [-0.39, 0.29) is 18.6 Å². The fourth-order valence-corrected chi connectivity index (χ4v) is 3.52. The summed E-state index contributed by atoms with van der Waals surface area (Å²) in [6, 6.07) is 18.3. The Morgan fingerprint density at radius 3 is 2.64 bits per heavy atom. The van der Waals surface area contributed by atoms with Gasteiger partial charge in [-0.15, -0.1) is 0 Å². The zero-order valence-electron chi connectivity index (χ0n) is 16.3. The van der Waals surface area contributed by atoms with E-state index in [1.165, 1.54) is 5.56 Å². The maximum Gasteiger partial charge on any atom is 0.246 e. The van der Waals surface area contributed by atoms with Crippen LogP contribution in [0.4, 0.5) is 0 Å². The number of likely N-dealkylation sites (tertiary alicyclic amines) is 1. The monoisotopic (exact) mass is 379 g/mol. The first-order valence-electron chi connectivity index (χ1n) is 10.1. The molecule has 2 aromatic carbocycles. The number of hydrogen-bond acceptors (Lipinski definition) is 3. The van der Waals surface area contributed by atoms with Crippen LogP contribution < -0.4 is 4.74 Å². The number of rotatable bonds is 9. The number of aliphatic hydroxyl groups excluding tert-OH is 1. The lowest BCUT2D eigenvalue weighted by Gasteiger charge is -2.21. The number of carbonyl (C=O) groups excluding carboxylic acids is 1. The van der Waals surface area contributed by atoms with Crippen LogP contribution in [0.15, 0.2) is 60.7 Å². The molecule has 0 aliphatic carbocycles. The fraction of sp³-hybridized carbons (Fsp3) is 0.375. The minimum atomic E-state index is -0.0326. The molecule has 1 amide bonds. The molecule has 1 atom stereocenters. The van der Waals surface area contributed by atoms with Crippen LogP contribution in [0.25, 0.3) is 6.08 Å². The van der Waals surface area contributed by atoms with E-state index < -0.39 is 0 Å². The summed E-state index contributed by atoms with van der Waals surface area (Å²) in [6.45, 7) is 1.47. The Balaban J connectivity index is 1.39. The van der Waals surface area contributed by atoms with Gasteiger partial charge in [0.1, 0.15) is 5.75 Å². The Labute approximate surface area is 167 Å². The van der Waals surface area contributed by atoms with Gasteiger partial charge in [-0.05, 0) is 61.4 Å². The van der Waals surface area contributed by atoms with Gasteiger partial charge in [-0.2, -0.15) is 0 Å². The molecule has 0 aromatic heterocycles. The highest BCUT2D eigenvalue weighted by atomic mass is 16.5. The summed E-state index contributed by atoms with van der Waals surface area (Å²) in [5, 5.41) is 9.33. The number of ether oxygens (including phenoxy) is 1. The summed E-state index contributed by atoms with van der Waals surface area (Å²) in [5.74, 6) is 0.818. The van der Waals surface area contributed by atoms with Gasteiger partial charge in [0.25, 0.3) is 0 Å². The van der Waals surface area contributed by atoms with Crippen molar-refractivity contribution in [3.63, 3.8) is 0 Å². The van der Waals surface area contributed by atoms with Crippen LogP contribution in [0, 0.1) is 0 Å². The lowest BCUT2D eigenvalue weighted by Crippen LogP contribution is -2.36. The highest BCUT2D eigenvalue weighted by Gasteiger charge is 2.26. The second kappa shape index (κ2) is 10.7. The third kappa shape index (κ3) is 5.96. The van der Waals surface area contributed by atoms with Crippen LogP contribution in [0.2, 0.25) is 0 Å². The second-order valence-corrected chi connectivity index (χ2v) is 7.20. The SMILES string of the molecule is O=C(/C=C/c1ccc(OCCCCc2ccccc2)cc1)N1CCC[C@H]1CO. The van der Waals surface area contributed by atoms with Gasteiger partial charge in [-0.3, -0.25) is 4.79 Å². The Morgan fingerprint density at radius 2 is 1.89 bits per heavy atom. The predicted molar refractivity (Wildman–Crippen MR) is 112 cm³/mol. The number of benzene rings is 2. The molecule has 1 fully saturated rings. The molecule has 4 nitrogen and oxygen atoms in total. The summed E-state index contributed by atoms with van der Waals surface area (Å²) >= 11 is 0. The maximum absolute atomic E-state index is 12.3. The summed E-state index contributed by atoms with van der Waals surface area (Å²) in [6.07, 6.45) is 8.46. The van der Waals surface area contributed by atoms with Crippen molar-refractivity contribution in [3.8, 4) is 5.75 Å². The number of unbranched alkanes of at least 4 members (excludes halogenated alkanes) is 1. The van der Waals surface area contributed by atoms with Crippen LogP contribution in [0.1, 0.15) is 36.8 Å². The predicted octanol–water partition coefficient (Wildman–Crippen LogP) is 4.08. The Morgan fingerprint density at radius 1 is 1.11 bits per heavy atom. The average Bonchev–Trinajstić information content (AvgIpc) is 3.22. The molecule has 1 aliphatic heterocycles. The Bertz CT molecular complexity index is 755. The minimum Gasteiger partial charge on any atom is -0.494 e. The first-order valence-corrected chi connectivity index (χ1v) is 10.1. The van der Waals surface area contributed by atoms with Crippen molar-refractivity contribution in [3.05, 3.63) is 71.8 Å². The molecule has 3 rings (SSSR count). The van der Waals surface area contributed by atoms with Gasteiger partial charge in [-0.25, -0.2) is 0 Å². The lowest BCUT2D eigenvalue weighted by molar-refractivity contribution is -0.127. The molecule has 4 heteroatoms. The van der Waals surface area contributed by atoms with Gasteiger partial charge < -0.3 is 14.7 Å². The van der Waals surface area contributed by atoms with Crippen LogP contribution >= 0.6 is 0 Å². The molecule has 1 heterocycles. The molecule has 0 saturated carbocycles. The first kappa shape index (κ1) is 20.2. The molecule has 0 spiro atoms. The van der Waals surface area contributed by atoms with Gasteiger partial charge in [0.15, 0.2) is 0 Å². The summed E-state index contributed by atoms with van der Waals surface area (Å²) in [5.41, 5.74) is 2.33. The number of carbonyl (C=O) groups is 1. The molecule has 2 aromatic rings. The highest BCUT2D eigenvalue weighted by Crippen LogP contribution is 2.18. The van der Waals surface area contributed by atoms with Gasteiger partial charge in [0.05, 0.1) is 19.3 Å². The van der Waals surface area contributed by atoms with E-state index in [1.807, 2.05) is 36.4 Å². The largest absolute Gasteiger partial charge is 0.494 e. The number of amides is 1. The van der Waals surface area contributed by atoms with E-state index in [2.05, 4.69) is 24.3 Å². The van der Waals surface area contributed by atoms with Crippen molar-refractivity contribution in [1.82, 2.24) is 4.90 Å². The number of aliphatic hydroxyl groups is 1. The van der Waals surface area contributed by atoms with Gasteiger partial charge >= 0.3 is 0 Å². The van der Waals surface area contributed by atoms with Gasteiger partial charge in [-0.1, -0.05) is 42.5 Å². The zero-order valence-corrected chi connectivity index (χ0v) is 16.3. The van der Waals surface area contributed by atoms with E-state index in [0.717, 1.165) is 50.0 Å². The summed E-state index contributed by atoms with van der Waals surface area (Å²) in [4.78, 5) is 14.0. The molecule has 148 valence electrons. The Hall–Kier alpha value is -2.59. The molecule has 1 N–H and O–H groups in total. The molecule has 0 radical (unpaired) electrons. The fourth-order valence-electron chi connectivity index (χ4n) is 3.52. The van der Waals surface area contributed by atoms with Crippen molar-refractivity contribution in [2.75, 3.05) is 19.8 Å².